The Balaban J connectivity index is 1.56. The molecule has 0 bridgehead atoms. The molecule has 34 heavy (non-hydrogen) atoms. The Kier molecular flexibility index (Phi) is 5.40. The third-order valence-corrected chi connectivity index (χ3v) is 6.63. The van der Waals surface area contributed by atoms with Crippen molar-refractivity contribution in [3.63, 3.8) is 0 Å². The first-order valence-electron chi connectivity index (χ1n) is 11.4. The number of H-pyrrole nitrogens is 1. The van der Waals surface area contributed by atoms with Gasteiger partial charge in [0.2, 0.25) is 17.7 Å². The Hall–Kier alpha value is -3.32. The SMILES string of the molecule is CC(C)(C)NC(=O)CN1CC(=O)N2C(Cc3c([nH]c4ccccc34)C2c2ccc(Cl)cc2)C1=O. The fraction of sp³-hybridized carbons (Fsp3) is 0.346. The molecule has 1 saturated heterocycles. The van der Waals surface area contributed by atoms with E-state index in [-0.39, 0.29) is 30.8 Å². The molecule has 2 atom stereocenters. The predicted molar refractivity (Wildman–Crippen MR) is 130 cm³/mol. The van der Waals surface area contributed by atoms with E-state index in [9.17, 15) is 14.4 Å². The number of carbonyl (C=O) groups is 3. The minimum atomic E-state index is -0.684. The average molecular weight is 479 g/mol. The summed E-state index contributed by atoms with van der Waals surface area (Å²) >= 11 is 6.13. The lowest BCUT2D eigenvalue weighted by Crippen LogP contribution is -2.64. The van der Waals surface area contributed by atoms with E-state index < -0.39 is 17.6 Å². The van der Waals surface area contributed by atoms with Crippen LogP contribution in [0.2, 0.25) is 5.02 Å². The summed E-state index contributed by atoms with van der Waals surface area (Å²) in [7, 11) is 0. The highest BCUT2D eigenvalue weighted by atomic mass is 35.5. The first-order valence-corrected chi connectivity index (χ1v) is 11.8. The highest BCUT2D eigenvalue weighted by molar-refractivity contribution is 6.30. The Labute approximate surface area is 203 Å². The van der Waals surface area contributed by atoms with Gasteiger partial charge in [0.25, 0.3) is 0 Å². The lowest BCUT2D eigenvalue weighted by molar-refractivity contribution is -0.159. The third-order valence-electron chi connectivity index (χ3n) is 6.38. The van der Waals surface area contributed by atoms with Crippen LogP contribution in [0.3, 0.4) is 0 Å². The summed E-state index contributed by atoms with van der Waals surface area (Å²) < 4.78 is 0. The van der Waals surface area contributed by atoms with Gasteiger partial charge in [-0.05, 0) is 50.1 Å². The van der Waals surface area contributed by atoms with Gasteiger partial charge in [-0.3, -0.25) is 14.4 Å². The molecule has 0 radical (unpaired) electrons. The molecule has 0 spiro atoms. The number of hydrogen-bond acceptors (Lipinski definition) is 3. The topological polar surface area (TPSA) is 85.5 Å². The second-order valence-corrected chi connectivity index (χ2v) is 10.5. The first kappa shape index (κ1) is 22.5. The number of fused-ring (bicyclic) bond motifs is 4. The van der Waals surface area contributed by atoms with Gasteiger partial charge in [-0.1, -0.05) is 41.9 Å². The zero-order chi connectivity index (χ0) is 24.2. The summed E-state index contributed by atoms with van der Waals surface area (Å²) in [5.74, 6) is -0.670. The maximum atomic E-state index is 13.6. The molecule has 0 saturated carbocycles. The number of nitrogens with one attached hydrogen (secondary N) is 2. The second kappa shape index (κ2) is 8.17. The van der Waals surface area contributed by atoms with E-state index in [4.69, 9.17) is 11.6 Å². The second-order valence-electron chi connectivity index (χ2n) is 10.0. The average Bonchev–Trinajstić information content (AvgIpc) is 3.14. The molecular formula is C26H27ClN4O3. The number of benzene rings is 2. The van der Waals surface area contributed by atoms with Gasteiger partial charge in [0, 0.05) is 33.6 Å². The molecule has 3 heterocycles. The van der Waals surface area contributed by atoms with Crippen molar-refractivity contribution >= 4 is 40.2 Å². The van der Waals surface area contributed by atoms with Gasteiger partial charge in [-0.25, -0.2) is 0 Å². The van der Waals surface area contributed by atoms with Crippen molar-refractivity contribution in [3.05, 3.63) is 70.4 Å². The van der Waals surface area contributed by atoms with Gasteiger partial charge in [-0.15, -0.1) is 0 Å². The van der Waals surface area contributed by atoms with Crippen molar-refractivity contribution < 1.29 is 14.4 Å². The number of para-hydroxylation sites is 1. The smallest absolute Gasteiger partial charge is 0.246 e. The van der Waals surface area contributed by atoms with E-state index in [1.807, 2.05) is 57.2 Å². The van der Waals surface area contributed by atoms with E-state index >= 15 is 0 Å². The zero-order valence-electron chi connectivity index (χ0n) is 19.4. The molecule has 3 aromatic rings. The molecule has 5 rings (SSSR count). The van der Waals surface area contributed by atoms with Crippen LogP contribution in [0.1, 0.15) is 43.6 Å². The van der Waals surface area contributed by atoms with E-state index in [0.29, 0.717) is 11.4 Å². The lowest BCUT2D eigenvalue weighted by atomic mass is 9.86. The van der Waals surface area contributed by atoms with Crippen molar-refractivity contribution in [2.45, 2.75) is 44.8 Å². The number of carbonyl (C=O) groups excluding carboxylic acids is 3. The summed E-state index contributed by atoms with van der Waals surface area (Å²) in [6.45, 7) is 5.37. The van der Waals surface area contributed by atoms with Gasteiger partial charge >= 0.3 is 0 Å². The Bertz CT molecular complexity index is 1290. The van der Waals surface area contributed by atoms with Crippen LogP contribution in [0.5, 0.6) is 0 Å². The van der Waals surface area contributed by atoms with Crippen molar-refractivity contribution in [2.75, 3.05) is 13.1 Å². The molecule has 2 N–H and O–H groups in total. The lowest BCUT2D eigenvalue weighted by Gasteiger charge is -2.47. The maximum absolute atomic E-state index is 13.6. The Morgan fingerprint density at radius 2 is 1.82 bits per heavy atom. The van der Waals surface area contributed by atoms with Crippen LogP contribution in [0.4, 0.5) is 0 Å². The molecule has 2 aliphatic rings. The molecule has 2 unspecified atom stereocenters. The summed E-state index contributed by atoms with van der Waals surface area (Å²) in [4.78, 5) is 46.2. The van der Waals surface area contributed by atoms with Gasteiger partial charge < -0.3 is 20.1 Å². The van der Waals surface area contributed by atoms with Gasteiger partial charge in [0.05, 0.1) is 6.04 Å². The molecule has 176 valence electrons. The number of piperazine rings is 1. The number of rotatable bonds is 3. The minimum Gasteiger partial charge on any atom is -0.356 e. The molecule has 1 aromatic heterocycles. The standard InChI is InChI=1S/C26H27ClN4O3/c1-26(2,3)29-21(32)13-30-14-22(33)31-20(25(30)34)12-18-17-6-4-5-7-19(17)28-23(18)24(31)15-8-10-16(27)11-9-15/h4-11,20,24,28H,12-14H2,1-3H3,(H,29,32). The summed E-state index contributed by atoms with van der Waals surface area (Å²) in [6, 6.07) is 14.2. The summed E-state index contributed by atoms with van der Waals surface area (Å²) in [5, 5.41) is 4.52. The molecule has 3 amide bonds. The van der Waals surface area contributed by atoms with Crippen LogP contribution in [0.25, 0.3) is 10.9 Å². The molecule has 0 aliphatic carbocycles. The predicted octanol–water partition coefficient (Wildman–Crippen LogP) is 3.42. The molecule has 8 heteroatoms. The monoisotopic (exact) mass is 478 g/mol. The summed E-state index contributed by atoms with van der Waals surface area (Å²) in [5.41, 5.74) is 3.36. The third kappa shape index (κ3) is 3.94. The first-order chi connectivity index (χ1) is 16.1. The Morgan fingerprint density at radius 3 is 2.53 bits per heavy atom. The quantitative estimate of drug-likeness (QED) is 0.604. The van der Waals surface area contributed by atoms with Crippen LogP contribution in [-0.2, 0) is 20.8 Å². The van der Waals surface area contributed by atoms with Crippen molar-refractivity contribution in [1.82, 2.24) is 20.1 Å². The largest absolute Gasteiger partial charge is 0.356 e. The zero-order valence-corrected chi connectivity index (χ0v) is 20.1. The van der Waals surface area contributed by atoms with Crippen LogP contribution in [-0.4, -0.2) is 57.2 Å². The van der Waals surface area contributed by atoms with Gasteiger partial charge in [-0.2, -0.15) is 0 Å². The highest BCUT2D eigenvalue weighted by Gasteiger charge is 2.48. The number of halogens is 1. The summed E-state index contributed by atoms with van der Waals surface area (Å²) in [6.07, 6.45) is 0.394. The molecular weight excluding hydrogens is 452 g/mol. The number of aromatic nitrogens is 1. The van der Waals surface area contributed by atoms with Crippen molar-refractivity contribution in [2.24, 2.45) is 0 Å². The van der Waals surface area contributed by atoms with Crippen LogP contribution in [0.15, 0.2) is 48.5 Å². The molecule has 1 fully saturated rings. The number of aromatic amines is 1. The Morgan fingerprint density at radius 1 is 1.12 bits per heavy atom. The van der Waals surface area contributed by atoms with Gasteiger partial charge in [0.1, 0.15) is 19.1 Å². The fourth-order valence-electron chi connectivity index (χ4n) is 5.08. The highest BCUT2D eigenvalue weighted by Crippen LogP contribution is 2.42. The maximum Gasteiger partial charge on any atom is 0.246 e. The van der Waals surface area contributed by atoms with E-state index in [2.05, 4.69) is 10.3 Å². The molecule has 2 aromatic carbocycles. The molecule has 7 nitrogen and oxygen atoms in total. The minimum absolute atomic E-state index is 0.132. The number of hydrogen-bond donors (Lipinski definition) is 2. The fourth-order valence-corrected chi connectivity index (χ4v) is 5.21. The normalized spacial score (nSPS) is 20.4. The van der Waals surface area contributed by atoms with E-state index in [1.54, 1.807) is 17.0 Å². The van der Waals surface area contributed by atoms with E-state index in [1.165, 1.54) is 4.90 Å². The van der Waals surface area contributed by atoms with Crippen molar-refractivity contribution in [1.29, 1.82) is 0 Å². The number of amides is 3. The number of nitrogens with zero attached hydrogens (tertiary/aromatic N) is 2. The molecule has 2 aliphatic heterocycles. The van der Waals surface area contributed by atoms with Crippen molar-refractivity contribution in [3.8, 4) is 0 Å². The van der Waals surface area contributed by atoms with Gasteiger partial charge in [0.15, 0.2) is 0 Å². The van der Waals surface area contributed by atoms with Crippen LogP contribution >= 0.6 is 11.6 Å². The van der Waals surface area contributed by atoms with E-state index in [0.717, 1.165) is 27.7 Å². The van der Waals surface area contributed by atoms with Crippen LogP contribution in [0, 0.1) is 0 Å². The van der Waals surface area contributed by atoms with Crippen LogP contribution < -0.4 is 5.32 Å².